The van der Waals surface area contributed by atoms with Crippen molar-refractivity contribution in [2.24, 2.45) is 0 Å². The zero-order chi connectivity index (χ0) is 9.57. The first kappa shape index (κ1) is 6.67. The maximum Gasteiger partial charge on any atom is 0.139 e. The first-order valence-corrected chi connectivity index (χ1v) is 5.40. The third kappa shape index (κ3) is 0.627. The Bertz CT molecular complexity index is 762. The second-order valence-corrected chi connectivity index (χ2v) is 4.57. The Hall–Kier alpha value is -1.76. The predicted octanol–water partition coefficient (Wildman–Crippen LogP) is 3.39. The molecule has 70 valence electrons. The number of furan rings is 1. The van der Waals surface area contributed by atoms with Gasteiger partial charge in [-0.1, -0.05) is 18.2 Å². The van der Waals surface area contributed by atoms with E-state index in [-0.39, 0.29) is 0 Å². The van der Waals surface area contributed by atoms with Gasteiger partial charge in [0.05, 0.1) is 0 Å². The third-order valence-electron chi connectivity index (χ3n) is 3.72. The quantitative estimate of drug-likeness (QED) is 0.366. The van der Waals surface area contributed by atoms with Gasteiger partial charge in [0.15, 0.2) is 0 Å². The van der Waals surface area contributed by atoms with Gasteiger partial charge >= 0.3 is 0 Å². The fraction of sp³-hybridized carbons (Fsp3) is 0.143. The molecular weight excluding hydrogens is 184 g/mol. The molecule has 0 N–H and O–H groups in total. The molecule has 0 saturated carbocycles. The van der Waals surface area contributed by atoms with Crippen LogP contribution in [0.3, 0.4) is 0 Å². The molecule has 2 aromatic carbocycles. The van der Waals surface area contributed by atoms with Gasteiger partial charge < -0.3 is 4.42 Å². The molecule has 1 heterocycles. The molecule has 2 aliphatic carbocycles. The molecule has 0 bridgehead atoms. The highest BCUT2D eigenvalue weighted by molar-refractivity contribution is 6.12. The summed E-state index contributed by atoms with van der Waals surface area (Å²) in [7, 11) is 0. The molecule has 0 fully saturated rings. The van der Waals surface area contributed by atoms with E-state index in [4.69, 9.17) is 4.42 Å². The Morgan fingerprint density at radius 2 is 1.67 bits per heavy atom. The van der Waals surface area contributed by atoms with Crippen molar-refractivity contribution < 1.29 is 4.42 Å². The van der Waals surface area contributed by atoms with Crippen LogP contribution in [0.5, 0.6) is 0 Å². The van der Waals surface area contributed by atoms with Gasteiger partial charge in [-0.3, -0.25) is 0 Å². The molecule has 0 radical (unpaired) electrons. The summed E-state index contributed by atoms with van der Waals surface area (Å²) in [5, 5.41) is 2.70. The molecule has 5 rings (SSSR count). The maximum absolute atomic E-state index is 5.95. The van der Waals surface area contributed by atoms with Crippen LogP contribution in [-0.4, -0.2) is 0 Å². The molecule has 1 heteroatoms. The molecule has 1 aromatic heterocycles. The minimum Gasteiger partial charge on any atom is -0.456 e. The number of para-hydroxylation sites is 1. The molecule has 1 nitrogen and oxygen atoms in total. The van der Waals surface area contributed by atoms with E-state index in [1.807, 2.05) is 6.07 Å². The fourth-order valence-corrected chi connectivity index (χ4v) is 2.86. The highest BCUT2D eigenvalue weighted by Gasteiger charge is 2.37. The molecule has 0 aliphatic heterocycles. The van der Waals surface area contributed by atoms with Crippen LogP contribution in [0.4, 0.5) is 0 Å². The standard InChI is InChI=1S/C14H8O/c1-2-4-12-7(3-1)13-10-5-8(10)9-6-11(9)14(13)15-12/h1-4H,5-6H2. The molecule has 15 heavy (non-hydrogen) atoms. The first-order chi connectivity index (χ1) is 7.43. The minimum atomic E-state index is 1.04. The summed E-state index contributed by atoms with van der Waals surface area (Å²) in [4.78, 5) is 0. The van der Waals surface area contributed by atoms with Gasteiger partial charge in [0.2, 0.25) is 0 Å². The van der Waals surface area contributed by atoms with Crippen molar-refractivity contribution >= 4 is 21.9 Å². The zero-order valence-electron chi connectivity index (χ0n) is 8.13. The van der Waals surface area contributed by atoms with Crippen LogP contribution in [0.25, 0.3) is 21.9 Å². The van der Waals surface area contributed by atoms with Crippen LogP contribution < -0.4 is 0 Å². The third-order valence-corrected chi connectivity index (χ3v) is 3.72. The Kier molecular flexibility index (Phi) is 0.805. The van der Waals surface area contributed by atoms with Gasteiger partial charge in [-0.15, -0.1) is 0 Å². The summed E-state index contributed by atoms with van der Waals surface area (Å²) in [6.45, 7) is 0. The van der Waals surface area contributed by atoms with Crippen molar-refractivity contribution in [3.05, 3.63) is 46.5 Å². The molecule has 0 unspecified atom stereocenters. The highest BCUT2D eigenvalue weighted by atomic mass is 16.3. The van der Waals surface area contributed by atoms with Crippen LogP contribution in [-0.2, 0) is 12.8 Å². The average molecular weight is 192 g/mol. The van der Waals surface area contributed by atoms with Gasteiger partial charge in [0.1, 0.15) is 11.2 Å². The van der Waals surface area contributed by atoms with Gasteiger partial charge in [0.25, 0.3) is 0 Å². The Morgan fingerprint density at radius 1 is 0.867 bits per heavy atom. The monoisotopic (exact) mass is 192 g/mol. The van der Waals surface area contributed by atoms with E-state index in [2.05, 4.69) is 18.2 Å². The Morgan fingerprint density at radius 3 is 2.67 bits per heavy atom. The van der Waals surface area contributed by atoms with E-state index >= 15 is 0 Å². The number of hydrogen-bond acceptors (Lipinski definition) is 1. The topological polar surface area (TPSA) is 13.1 Å². The van der Waals surface area contributed by atoms with Crippen LogP contribution in [0.15, 0.2) is 28.7 Å². The molecule has 2 aliphatic rings. The SMILES string of the molecule is c1ccc2c(c1)oc1c3c(c4c(c12)C4)C3. The molecule has 3 aromatic rings. The maximum atomic E-state index is 5.95. The van der Waals surface area contributed by atoms with Gasteiger partial charge in [-0.25, -0.2) is 0 Å². The lowest BCUT2D eigenvalue weighted by Gasteiger charge is -1.85. The highest BCUT2D eigenvalue weighted by Crippen LogP contribution is 2.52. The number of benzene rings is 2. The summed E-state index contributed by atoms with van der Waals surface area (Å²) < 4.78 is 5.95. The normalized spacial score (nSPS) is 15.5. The van der Waals surface area contributed by atoms with E-state index in [1.54, 1.807) is 16.7 Å². The summed E-state index contributed by atoms with van der Waals surface area (Å²) in [6, 6.07) is 8.38. The van der Waals surface area contributed by atoms with E-state index in [1.165, 1.54) is 34.8 Å². The number of hydrogen-bond donors (Lipinski definition) is 0. The number of rotatable bonds is 0. The lowest BCUT2D eigenvalue weighted by Crippen LogP contribution is -1.64. The van der Waals surface area contributed by atoms with Crippen molar-refractivity contribution in [3.63, 3.8) is 0 Å². The van der Waals surface area contributed by atoms with Crippen molar-refractivity contribution in [1.29, 1.82) is 0 Å². The Balaban J connectivity index is 2.20. The van der Waals surface area contributed by atoms with Crippen molar-refractivity contribution in [3.8, 4) is 0 Å². The van der Waals surface area contributed by atoms with E-state index in [0.717, 1.165) is 5.58 Å². The second kappa shape index (κ2) is 1.81. The van der Waals surface area contributed by atoms with Crippen LogP contribution >= 0.6 is 0 Å². The van der Waals surface area contributed by atoms with Crippen molar-refractivity contribution in [2.45, 2.75) is 12.8 Å². The van der Waals surface area contributed by atoms with Gasteiger partial charge in [0, 0.05) is 22.8 Å². The summed E-state index contributed by atoms with van der Waals surface area (Å²) in [5.74, 6) is 0. The predicted molar refractivity (Wildman–Crippen MR) is 59.3 cm³/mol. The first-order valence-electron chi connectivity index (χ1n) is 5.40. The minimum absolute atomic E-state index is 1.04. The van der Waals surface area contributed by atoms with Crippen LogP contribution in [0, 0.1) is 0 Å². The zero-order valence-corrected chi connectivity index (χ0v) is 8.13. The number of fused-ring (bicyclic) bond motifs is 8. The lowest BCUT2D eigenvalue weighted by atomic mass is 10.1. The van der Waals surface area contributed by atoms with Gasteiger partial charge in [-0.2, -0.15) is 0 Å². The lowest BCUT2D eigenvalue weighted by molar-refractivity contribution is 0.668. The second-order valence-electron chi connectivity index (χ2n) is 4.57. The summed E-state index contributed by atoms with van der Waals surface area (Å²) >= 11 is 0. The van der Waals surface area contributed by atoms with Crippen LogP contribution in [0.1, 0.15) is 22.3 Å². The van der Waals surface area contributed by atoms with E-state index < -0.39 is 0 Å². The summed E-state index contributed by atoms with van der Waals surface area (Å²) in [6.07, 6.45) is 2.38. The molecule has 0 saturated heterocycles. The van der Waals surface area contributed by atoms with Crippen molar-refractivity contribution in [2.75, 3.05) is 0 Å². The smallest absolute Gasteiger partial charge is 0.139 e. The molecule has 0 amide bonds. The van der Waals surface area contributed by atoms with E-state index in [0.29, 0.717) is 0 Å². The summed E-state index contributed by atoms with van der Waals surface area (Å²) in [5.41, 5.74) is 8.42. The fourth-order valence-electron chi connectivity index (χ4n) is 2.86. The van der Waals surface area contributed by atoms with E-state index in [9.17, 15) is 0 Å². The van der Waals surface area contributed by atoms with Crippen molar-refractivity contribution in [1.82, 2.24) is 0 Å². The Labute approximate surface area is 86.3 Å². The molecular formula is C14H8O. The largest absolute Gasteiger partial charge is 0.456 e. The average Bonchev–Trinajstić information content (AvgIpc) is 3.12. The molecule has 0 atom stereocenters. The molecule has 0 spiro atoms. The van der Waals surface area contributed by atoms with Crippen LogP contribution in [0.2, 0.25) is 0 Å². The van der Waals surface area contributed by atoms with Gasteiger partial charge in [-0.05, 0) is 29.2 Å².